The second-order valence-electron chi connectivity index (χ2n) is 6.42. The first kappa shape index (κ1) is 16.8. The Labute approximate surface area is 146 Å². The van der Waals surface area contributed by atoms with Gasteiger partial charge < -0.3 is 9.47 Å². The summed E-state index contributed by atoms with van der Waals surface area (Å²) in [6, 6.07) is 20.9. The summed E-state index contributed by atoms with van der Waals surface area (Å²) in [6.07, 6.45) is 0. The molecule has 2 nitrogen and oxygen atoms in total. The average Bonchev–Trinajstić information content (AvgIpc) is 3.12. The van der Waals surface area contributed by atoms with Crippen LogP contribution < -0.4 is 9.47 Å². The van der Waals surface area contributed by atoms with Crippen molar-refractivity contribution >= 4 is 13.6 Å². The summed E-state index contributed by atoms with van der Waals surface area (Å²) in [4.78, 5) is 0. The molecule has 0 saturated heterocycles. The highest BCUT2D eigenvalue weighted by molar-refractivity contribution is 6.85. The summed E-state index contributed by atoms with van der Waals surface area (Å²) in [6.45, 7) is 7.36. The smallest absolute Gasteiger partial charge is 0.231 e. The van der Waals surface area contributed by atoms with E-state index < -0.39 is 8.07 Å². The fourth-order valence-corrected chi connectivity index (χ4v) is 6.44. The third-order valence-electron chi connectivity index (χ3n) is 5.33. The predicted molar refractivity (Wildman–Crippen MR) is 103 cm³/mol. The zero-order valence-corrected chi connectivity index (χ0v) is 15.8. The van der Waals surface area contributed by atoms with Crippen molar-refractivity contribution in [3.8, 4) is 11.5 Å². The molecule has 0 unspecified atom stereocenters. The van der Waals surface area contributed by atoms with Crippen molar-refractivity contribution in [2.45, 2.75) is 38.9 Å². The lowest BCUT2D eigenvalue weighted by Gasteiger charge is -2.26. The molecule has 0 bridgehead atoms. The van der Waals surface area contributed by atoms with E-state index in [-0.39, 0.29) is 0 Å². The topological polar surface area (TPSA) is 18.5 Å². The fraction of sp³-hybridized carbons (Fsp3) is 0.333. The molecule has 0 radical (unpaired) electrons. The van der Waals surface area contributed by atoms with Gasteiger partial charge in [-0.3, -0.25) is 0 Å². The van der Waals surface area contributed by atoms with E-state index in [0.717, 1.165) is 11.5 Å². The monoisotopic (exact) mass is 338 g/mol. The molecule has 1 aliphatic heterocycles. The summed E-state index contributed by atoms with van der Waals surface area (Å²) in [7, 11) is -1.41. The molecule has 2 aromatic carbocycles. The molecule has 0 N–H and O–H groups in total. The van der Waals surface area contributed by atoms with Crippen molar-refractivity contribution in [1.82, 2.24) is 0 Å². The van der Waals surface area contributed by atoms with Crippen molar-refractivity contribution in [3.63, 3.8) is 0 Å². The first-order valence-corrected chi connectivity index (χ1v) is 11.6. The number of hydrogen-bond acceptors (Lipinski definition) is 2. The minimum absolute atomic E-state index is 0.320. The van der Waals surface area contributed by atoms with E-state index >= 15 is 0 Å². The normalized spacial score (nSPS) is 14.0. The third kappa shape index (κ3) is 3.27. The molecule has 2 aromatic rings. The van der Waals surface area contributed by atoms with Crippen LogP contribution in [0.3, 0.4) is 0 Å². The molecule has 3 rings (SSSR count). The lowest BCUT2D eigenvalue weighted by atomic mass is 9.99. The maximum absolute atomic E-state index is 5.60. The summed E-state index contributed by atoms with van der Waals surface area (Å²) in [5, 5.41) is 0. The summed E-state index contributed by atoms with van der Waals surface area (Å²) in [5.74, 6) is 1.70. The Hall–Kier alpha value is -2.00. The summed E-state index contributed by atoms with van der Waals surface area (Å²) >= 11 is 0. The highest BCUT2D eigenvalue weighted by atomic mass is 28.3. The summed E-state index contributed by atoms with van der Waals surface area (Å²) in [5.41, 5.74) is 6.45. The molecule has 0 saturated carbocycles. The molecule has 0 aliphatic carbocycles. The van der Waals surface area contributed by atoms with Crippen molar-refractivity contribution in [1.29, 1.82) is 0 Å². The van der Waals surface area contributed by atoms with Gasteiger partial charge in [-0.15, -0.1) is 0 Å². The summed E-state index contributed by atoms with van der Waals surface area (Å²) < 4.78 is 11.1. The van der Waals surface area contributed by atoms with Crippen LogP contribution in [0.2, 0.25) is 18.1 Å². The van der Waals surface area contributed by atoms with Gasteiger partial charge in [0, 0.05) is 0 Å². The Morgan fingerprint density at radius 2 is 1.54 bits per heavy atom. The first-order valence-electron chi connectivity index (χ1n) is 8.89. The molecule has 0 aromatic heterocycles. The van der Waals surface area contributed by atoms with Crippen molar-refractivity contribution in [2.24, 2.45) is 0 Å². The minimum Gasteiger partial charge on any atom is -0.454 e. The number of hydrogen-bond donors (Lipinski definition) is 0. The molecule has 0 atom stereocenters. The molecule has 1 aliphatic rings. The van der Waals surface area contributed by atoms with E-state index in [1.807, 2.05) is 6.07 Å². The van der Waals surface area contributed by atoms with Crippen LogP contribution in [-0.2, 0) is 0 Å². The molecular weight excluding hydrogens is 312 g/mol. The molecule has 0 fully saturated rings. The standard InChI is InChI=1S/C21H26O2Si/c1-4-24(5-2,6-3)15-19(17-10-8-7-9-11-17)18-12-13-20-21(14-18)23-16-22-20/h7-15H,4-6,16H2,1-3H3/b19-15+. The second kappa shape index (κ2) is 7.26. The van der Waals surface area contributed by atoms with Gasteiger partial charge in [0.15, 0.2) is 11.5 Å². The van der Waals surface area contributed by atoms with Crippen LogP contribution in [0.25, 0.3) is 5.57 Å². The minimum atomic E-state index is -1.41. The lowest BCUT2D eigenvalue weighted by Crippen LogP contribution is -2.29. The van der Waals surface area contributed by atoms with Gasteiger partial charge in [0.05, 0.1) is 8.07 Å². The van der Waals surface area contributed by atoms with Gasteiger partial charge in [0.1, 0.15) is 0 Å². The van der Waals surface area contributed by atoms with Crippen LogP contribution in [0, 0.1) is 0 Å². The van der Waals surface area contributed by atoms with E-state index in [1.165, 1.54) is 34.8 Å². The second-order valence-corrected chi connectivity index (χ2v) is 11.5. The molecule has 0 amide bonds. The zero-order chi connectivity index (χ0) is 17.0. The quantitative estimate of drug-likeness (QED) is 0.611. The predicted octanol–water partition coefficient (Wildman–Crippen LogP) is 5.89. The van der Waals surface area contributed by atoms with E-state index in [2.05, 4.69) is 68.9 Å². The van der Waals surface area contributed by atoms with Crippen LogP contribution in [-0.4, -0.2) is 14.9 Å². The van der Waals surface area contributed by atoms with Gasteiger partial charge in [0.2, 0.25) is 6.79 Å². The number of fused-ring (bicyclic) bond motifs is 1. The van der Waals surface area contributed by atoms with Crippen molar-refractivity contribution < 1.29 is 9.47 Å². The van der Waals surface area contributed by atoms with Gasteiger partial charge in [-0.05, 0) is 28.8 Å². The maximum Gasteiger partial charge on any atom is 0.231 e. The Bertz CT molecular complexity index is 710. The molecule has 1 heterocycles. The fourth-order valence-electron chi connectivity index (χ4n) is 3.38. The van der Waals surface area contributed by atoms with Crippen LogP contribution in [0.15, 0.2) is 54.2 Å². The largest absolute Gasteiger partial charge is 0.454 e. The number of ether oxygens (including phenoxy) is 2. The Morgan fingerprint density at radius 3 is 2.21 bits per heavy atom. The van der Waals surface area contributed by atoms with Gasteiger partial charge >= 0.3 is 0 Å². The molecular formula is C21H26O2Si. The van der Waals surface area contributed by atoms with Gasteiger partial charge in [-0.1, -0.05) is 81.0 Å². The Kier molecular flexibility index (Phi) is 5.10. The van der Waals surface area contributed by atoms with Gasteiger partial charge in [0.25, 0.3) is 0 Å². The first-order chi connectivity index (χ1) is 11.7. The third-order valence-corrected chi connectivity index (χ3v) is 10.5. The molecule has 126 valence electrons. The zero-order valence-electron chi connectivity index (χ0n) is 14.8. The number of rotatable bonds is 6. The van der Waals surface area contributed by atoms with Crippen LogP contribution in [0.5, 0.6) is 11.5 Å². The van der Waals surface area contributed by atoms with Crippen LogP contribution in [0.1, 0.15) is 31.9 Å². The van der Waals surface area contributed by atoms with Crippen molar-refractivity contribution in [3.05, 3.63) is 65.4 Å². The SMILES string of the molecule is CC[Si](/C=C(\c1ccccc1)c1ccc2c(c1)OCO2)(CC)CC. The maximum atomic E-state index is 5.60. The average molecular weight is 339 g/mol. The van der Waals surface area contributed by atoms with Crippen molar-refractivity contribution in [2.75, 3.05) is 6.79 Å². The van der Waals surface area contributed by atoms with E-state index in [1.54, 1.807) is 0 Å². The Morgan fingerprint density at radius 1 is 0.875 bits per heavy atom. The molecule has 3 heteroatoms. The highest BCUT2D eigenvalue weighted by Crippen LogP contribution is 2.37. The molecule has 24 heavy (non-hydrogen) atoms. The van der Waals surface area contributed by atoms with E-state index in [4.69, 9.17) is 9.47 Å². The van der Waals surface area contributed by atoms with E-state index in [9.17, 15) is 0 Å². The van der Waals surface area contributed by atoms with Crippen LogP contribution >= 0.6 is 0 Å². The van der Waals surface area contributed by atoms with Crippen LogP contribution in [0.4, 0.5) is 0 Å². The highest BCUT2D eigenvalue weighted by Gasteiger charge is 2.26. The lowest BCUT2D eigenvalue weighted by molar-refractivity contribution is 0.174. The number of benzene rings is 2. The Balaban J connectivity index is 2.12. The molecule has 0 spiro atoms. The van der Waals surface area contributed by atoms with E-state index in [0.29, 0.717) is 6.79 Å². The van der Waals surface area contributed by atoms with Gasteiger partial charge in [-0.25, -0.2) is 0 Å². The van der Waals surface area contributed by atoms with Gasteiger partial charge in [-0.2, -0.15) is 0 Å².